The van der Waals surface area contributed by atoms with Gasteiger partial charge >= 0.3 is 0 Å². The number of benzene rings is 1. The van der Waals surface area contributed by atoms with Crippen LogP contribution in [0.1, 0.15) is 0 Å². The molecule has 0 spiro atoms. The molecule has 1 aromatic heterocycles. The zero-order valence-corrected chi connectivity index (χ0v) is 8.62. The fourth-order valence-electron chi connectivity index (χ4n) is 1.26. The van der Waals surface area contributed by atoms with Gasteiger partial charge < -0.3 is 0 Å². The summed E-state index contributed by atoms with van der Waals surface area (Å²) >= 11 is 4.81. The van der Waals surface area contributed by atoms with E-state index in [4.69, 9.17) is 12.2 Å². The van der Waals surface area contributed by atoms with Crippen molar-refractivity contribution in [3.05, 3.63) is 46.5 Å². The van der Waals surface area contributed by atoms with Crippen LogP contribution in [0, 0.1) is 22.1 Å². The highest BCUT2D eigenvalue weighted by Gasteiger charge is 2.11. The van der Waals surface area contributed by atoms with Crippen LogP contribution in [0.3, 0.4) is 0 Å². The van der Waals surface area contributed by atoms with E-state index in [-0.39, 0.29) is 5.56 Å². The lowest BCUT2D eigenvalue weighted by molar-refractivity contribution is 0.447. The molecule has 0 saturated heterocycles. The standard InChI is InChI=1S/C10H5F3N2S/c11-7-1-5(2-8(12)10(7)13)6-3-9(16)15-14-4-6/h1-4H,(H,15,16). The maximum atomic E-state index is 13.0. The van der Waals surface area contributed by atoms with E-state index in [0.717, 1.165) is 12.1 Å². The van der Waals surface area contributed by atoms with Crippen LogP contribution in [-0.4, -0.2) is 10.2 Å². The second-order valence-electron chi connectivity index (χ2n) is 3.09. The molecule has 0 radical (unpaired) electrons. The third-order valence-corrected chi connectivity index (χ3v) is 2.19. The third kappa shape index (κ3) is 1.96. The summed E-state index contributed by atoms with van der Waals surface area (Å²) in [7, 11) is 0. The Morgan fingerprint density at radius 1 is 1.00 bits per heavy atom. The van der Waals surface area contributed by atoms with E-state index in [1.807, 2.05) is 0 Å². The molecule has 2 rings (SSSR count). The molecule has 0 atom stereocenters. The Bertz CT molecular complexity index is 572. The molecule has 0 aliphatic carbocycles. The molecule has 6 heteroatoms. The minimum atomic E-state index is -1.49. The molecule has 1 heterocycles. The predicted octanol–water partition coefficient (Wildman–Crippen LogP) is 3.22. The lowest BCUT2D eigenvalue weighted by atomic mass is 10.1. The molecule has 2 nitrogen and oxygen atoms in total. The highest BCUT2D eigenvalue weighted by atomic mass is 32.1. The van der Waals surface area contributed by atoms with Crippen LogP contribution in [0.5, 0.6) is 0 Å². The Balaban J connectivity index is 2.61. The highest BCUT2D eigenvalue weighted by Crippen LogP contribution is 2.22. The first-order valence-electron chi connectivity index (χ1n) is 4.27. The van der Waals surface area contributed by atoms with Gasteiger partial charge in [-0.25, -0.2) is 13.2 Å². The first-order chi connectivity index (χ1) is 7.58. The molecule has 0 saturated carbocycles. The van der Waals surface area contributed by atoms with Gasteiger partial charge in [-0.3, -0.25) is 5.10 Å². The highest BCUT2D eigenvalue weighted by molar-refractivity contribution is 7.71. The van der Waals surface area contributed by atoms with E-state index in [2.05, 4.69) is 10.2 Å². The number of nitrogens with one attached hydrogen (secondary N) is 1. The second kappa shape index (κ2) is 4.05. The lowest BCUT2D eigenvalue weighted by Crippen LogP contribution is -1.92. The van der Waals surface area contributed by atoms with Crippen molar-refractivity contribution in [3.63, 3.8) is 0 Å². The van der Waals surface area contributed by atoms with E-state index >= 15 is 0 Å². The minimum absolute atomic E-state index is 0.184. The maximum absolute atomic E-state index is 13.0. The van der Waals surface area contributed by atoms with Crippen LogP contribution in [0.25, 0.3) is 11.1 Å². The molecule has 1 aromatic carbocycles. The van der Waals surface area contributed by atoms with Crippen molar-refractivity contribution in [1.82, 2.24) is 10.2 Å². The number of aromatic amines is 1. The molecule has 0 amide bonds. The molecule has 82 valence electrons. The summed E-state index contributed by atoms with van der Waals surface area (Å²) in [6.45, 7) is 0. The average molecular weight is 242 g/mol. The molecule has 0 aliphatic rings. The molecule has 0 unspecified atom stereocenters. The van der Waals surface area contributed by atoms with E-state index in [9.17, 15) is 13.2 Å². The van der Waals surface area contributed by atoms with E-state index in [1.54, 1.807) is 0 Å². The zero-order valence-electron chi connectivity index (χ0n) is 7.80. The number of nitrogens with zero attached hydrogens (tertiary/aromatic N) is 1. The Kier molecular flexibility index (Phi) is 2.74. The van der Waals surface area contributed by atoms with E-state index < -0.39 is 17.5 Å². The Hall–Kier alpha value is -1.69. The number of halogens is 3. The van der Waals surface area contributed by atoms with E-state index in [0.29, 0.717) is 10.2 Å². The summed E-state index contributed by atoms with van der Waals surface area (Å²) in [6, 6.07) is 3.27. The Morgan fingerprint density at radius 2 is 1.62 bits per heavy atom. The van der Waals surface area contributed by atoms with Crippen molar-refractivity contribution in [1.29, 1.82) is 0 Å². The fraction of sp³-hybridized carbons (Fsp3) is 0. The molecular formula is C10H5F3N2S. The van der Waals surface area contributed by atoms with E-state index in [1.165, 1.54) is 12.3 Å². The van der Waals surface area contributed by atoms with Gasteiger partial charge in [-0.15, -0.1) is 0 Å². The number of rotatable bonds is 1. The van der Waals surface area contributed by atoms with Crippen molar-refractivity contribution in [2.24, 2.45) is 0 Å². The fourth-order valence-corrected chi connectivity index (χ4v) is 1.44. The smallest absolute Gasteiger partial charge is 0.194 e. The molecular weight excluding hydrogens is 237 g/mol. The van der Waals surface area contributed by atoms with Crippen LogP contribution in [-0.2, 0) is 0 Å². The third-order valence-electron chi connectivity index (χ3n) is 1.98. The SMILES string of the molecule is Fc1cc(-c2cn[nH]c(=S)c2)cc(F)c1F. The predicted molar refractivity (Wildman–Crippen MR) is 54.7 cm³/mol. The topological polar surface area (TPSA) is 28.7 Å². The lowest BCUT2D eigenvalue weighted by Gasteiger charge is -2.02. The van der Waals surface area contributed by atoms with Crippen LogP contribution < -0.4 is 0 Å². The Labute approximate surface area is 93.8 Å². The first-order valence-corrected chi connectivity index (χ1v) is 4.68. The first kappa shape index (κ1) is 10.8. The van der Waals surface area contributed by atoms with Gasteiger partial charge in [0.15, 0.2) is 17.5 Å². The van der Waals surface area contributed by atoms with Gasteiger partial charge in [0, 0.05) is 5.56 Å². The Morgan fingerprint density at radius 3 is 2.19 bits per heavy atom. The van der Waals surface area contributed by atoms with Crippen LogP contribution in [0.4, 0.5) is 13.2 Å². The van der Waals surface area contributed by atoms with Crippen molar-refractivity contribution in [3.8, 4) is 11.1 Å². The van der Waals surface area contributed by atoms with Gasteiger partial charge in [0.25, 0.3) is 0 Å². The van der Waals surface area contributed by atoms with Crippen molar-refractivity contribution >= 4 is 12.2 Å². The van der Waals surface area contributed by atoms with Crippen LogP contribution in [0.15, 0.2) is 24.4 Å². The monoisotopic (exact) mass is 242 g/mol. The molecule has 0 aliphatic heterocycles. The zero-order chi connectivity index (χ0) is 11.7. The van der Waals surface area contributed by atoms with Crippen molar-refractivity contribution in [2.75, 3.05) is 0 Å². The number of H-pyrrole nitrogens is 1. The van der Waals surface area contributed by atoms with Crippen molar-refractivity contribution < 1.29 is 13.2 Å². The van der Waals surface area contributed by atoms with Crippen LogP contribution in [0.2, 0.25) is 0 Å². The quantitative estimate of drug-likeness (QED) is 0.614. The summed E-state index contributed by atoms with van der Waals surface area (Å²) in [5.41, 5.74) is 0.602. The number of hydrogen-bond acceptors (Lipinski definition) is 2. The van der Waals surface area contributed by atoms with Gasteiger partial charge in [0.05, 0.1) is 6.20 Å². The van der Waals surface area contributed by atoms with Crippen molar-refractivity contribution in [2.45, 2.75) is 0 Å². The van der Waals surface area contributed by atoms with Gasteiger partial charge in [0.2, 0.25) is 0 Å². The van der Waals surface area contributed by atoms with Gasteiger partial charge in [0.1, 0.15) is 4.64 Å². The molecule has 2 aromatic rings. The van der Waals surface area contributed by atoms with Gasteiger partial charge in [-0.05, 0) is 23.8 Å². The van der Waals surface area contributed by atoms with Gasteiger partial charge in [-0.1, -0.05) is 12.2 Å². The van der Waals surface area contributed by atoms with Crippen LogP contribution >= 0.6 is 12.2 Å². The minimum Gasteiger partial charge on any atom is -0.268 e. The maximum Gasteiger partial charge on any atom is 0.194 e. The average Bonchev–Trinajstić information content (AvgIpc) is 2.25. The largest absolute Gasteiger partial charge is 0.268 e. The summed E-state index contributed by atoms with van der Waals surface area (Å²) in [4.78, 5) is 0. The number of hydrogen-bond donors (Lipinski definition) is 1. The molecule has 1 N–H and O–H groups in total. The number of aromatic nitrogens is 2. The molecule has 0 fully saturated rings. The van der Waals surface area contributed by atoms with Gasteiger partial charge in [-0.2, -0.15) is 5.10 Å². The second-order valence-corrected chi connectivity index (χ2v) is 3.53. The molecule has 0 bridgehead atoms. The summed E-state index contributed by atoms with van der Waals surface area (Å²) in [5.74, 6) is -3.97. The summed E-state index contributed by atoms with van der Waals surface area (Å²) in [6.07, 6.45) is 1.35. The molecule has 16 heavy (non-hydrogen) atoms. The summed E-state index contributed by atoms with van der Waals surface area (Å²) in [5, 5.41) is 6.16. The summed E-state index contributed by atoms with van der Waals surface area (Å²) < 4.78 is 38.9. The normalized spacial score (nSPS) is 10.4.